The fourth-order valence-electron chi connectivity index (χ4n) is 4.68. The molecule has 2 aromatic rings. The second kappa shape index (κ2) is 10.6. The molecule has 4 aliphatic rings. The quantitative estimate of drug-likeness (QED) is 0.735. The van der Waals surface area contributed by atoms with Crippen LogP contribution in [0.4, 0.5) is 4.39 Å². The number of alkyl halides is 1. The number of fused-ring (bicyclic) bond motifs is 2. The Morgan fingerprint density at radius 1 is 0.758 bits per heavy atom. The summed E-state index contributed by atoms with van der Waals surface area (Å²) >= 11 is 0. The Bertz CT molecular complexity index is 935. The van der Waals surface area contributed by atoms with Crippen molar-refractivity contribution in [2.24, 2.45) is 0 Å². The molecule has 2 atom stereocenters. The number of halogens is 1. The van der Waals surface area contributed by atoms with Gasteiger partial charge in [0.05, 0.1) is 13.2 Å². The Morgan fingerprint density at radius 2 is 1.36 bits per heavy atom. The summed E-state index contributed by atoms with van der Waals surface area (Å²) in [6.45, 7) is 4.89. The highest BCUT2D eigenvalue weighted by Crippen LogP contribution is 2.31. The van der Waals surface area contributed by atoms with Crippen molar-refractivity contribution in [2.45, 2.75) is 50.5 Å². The zero-order chi connectivity index (χ0) is 22.5. The lowest BCUT2D eigenvalue weighted by atomic mass is 10.1. The average Bonchev–Trinajstić information content (AvgIpc) is 3.50. The maximum atomic E-state index is 13.6. The predicted molar refractivity (Wildman–Crippen MR) is 125 cm³/mol. The van der Waals surface area contributed by atoms with Crippen LogP contribution in [0.3, 0.4) is 0 Å². The van der Waals surface area contributed by atoms with E-state index in [1.807, 2.05) is 30.3 Å². The molecule has 33 heavy (non-hydrogen) atoms. The largest absolute Gasteiger partial charge is 0.493 e. The van der Waals surface area contributed by atoms with E-state index in [2.05, 4.69) is 16.7 Å². The molecule has 7 heteroatoms. The van der Waals surface area contributed by atoms with Crippen molar-refractivity contribution in [1.82, 2.24) is 10.6 Å². The van der Waals surface area contributed by atoms with Crippen LogP contribution in [-0.2, 0) is 12.8 Å². The summed E-state index contributed by atoms with van der Waals surface area (Å²) in [6.07, 6.45) is 3.98. The molecule has 0 saturated carbocycles. The topological polar surface area (TPSA) is 61.0 Å². The van der Waals surface area contributed by atoms with Gasteiger partial charge < -0.3 is 29.6 Å². The third-order valence-electron chi connectivity index (χ3n) is 6.55. The third kappa shape index (κ3) is 5.71. The van der Waals surface area contributed by atoms with Crippen molar-refractivity contribution in [2.75, 3.05) is 39.4 Å². The van der Waals surface area contributed by atoms with Crippen LogP contribution in [0.25, 0.3) is 0 Å². The zero-order valence-electron chi connectivity index (χ0n) is 19.0. The third-order valence-corrected chi connectivity index (χ3v) is 6.55. The minimum Gasteiger partial charge on any atom is -0.493 e. The minimum atomic E-state index is -0.923. The van der Waals surface area contributed by atoms with Crippen LogP contribution in [0.1, 0.15) is 30.4 Å². The molecule has 6 rings (SSSR count). The number of rotatable bonds is 4. The lowest BCUT2D eigenvalue weighted by Crippen LogP contribution is -2.44. The van der Waals surface area contributed by atoms with Gasteiger partial charge in [-0.2, -0.15) is 0 Å². The highest BCUT2D eigenvalue weighted by atomic mass is 19.1. The van der Waals surface area contributed by atoms with Crippen molar-refractivity contribution in [3.8, 4) is 23.0 Å². The van der Waals surface area contributed by atoms with E-state index in [1.54, 1.807) is 0 Å². The fraction of sp³-hybridized carbons (Fsp3) is 0.538. The Hall–Kier alpha value is -2.51. The standard InChI is InChI=1S/C13H16FNO2.C13H17NO2/c14-11-8-15-5-3-13(11)17-10-1-2-12-9(7-10)4-6-16-12;1-2-13-10(5-8-15-13)9-12(1)16-11-3-6-14-7-4-11/h1-2,7,11,13,15H,3-6,8H2;1-2,9,11,14H,3-8H2. The van der Waals surface area contributed by atoms with Gasteiger partial charge in [-0.15, -0.1) is 0 Å². The summed E-state index contributed by atoms with van der Waals surface area (Å²) in [5.74, 6) is 3.71. The fourth-order valence-corrected chi connectivity index (χ4v) is 4.68. The van der Waals surface area contributed by atoms with E-state index in [0.717, 1.165) is 93.5 Å². The molecule has 0 spiro atoms. The Morgan fingerprint density at radius 3 is 2.00 bits per heavy atom. The van der Waals surface area contributed by atoms with Crippen LogP contribution in [0.5, 0.6) is 23.0 Å². The van der Waals surface area contributed by atoms with E-state index >= 15 is 0 Å². The lowest BCUT2D eigenvalue weighted by Gasteiger charge is -2.27. The molecule has 0 amide bonds. The first kappa shape index (κ1) is 22.3. The lowest BCUT2D eigenvalue weighted by molar-refractivity contribution is 0.0731. The summed E-state index contributed by atoms with van der Waals surface area (Å²) in [6, 6.07) is 11.9. The SMILES string of the molecule is FC1CNCCC1Oc1ccc2c(c1)CCO2.c1cc2c(cc1OC1CCNCC1)CCO2. The van der Waals surface area contributed by atoms with Gasteiger partial charge in [0.1, 0.15) is 41.4 Å². The van der Waals surface area contributed by atoms with E-state index in [-0.39, 0.29) is 6.10 Å². The van der Waals surface area contributed by atoms with E-state index in [9.17, 15) is 4.39 Å². The van der Waals surface area contributed by atoms with Gasteiger partial charge in [0.25, 0.3) is 0 Å². The summed E-state index contributed by atoms with van der Waals surface area (Å²) in [5, 5.41) is 6.36. The smallest absolute Gasteiger partial charge is 0.149 e. The highest BCUT2D eigenvalue weighted by Gasteiger charge is 2.26. The number of piperidine rings is 2. The molecule has 4 heterocycles. The number of nitrogens with one attached hydrogen (secondary N) is 2. The summed E-state index contributed by atoms with van der Waals surface area (Å²) in [5.41, 5.74) is 2.44. The molecule has 2 saturated heterocycles. The second-order valence-corrected chi connectivity index (χ2v) is 8.97. The molecule has 2 unspecified atom stereocenters. The van der Waals surface area contributed by atoms with Gasteiger partial charge in [-0.05, 0) is 75.3 Å². The molecule has 2 N–H and O–H groups in total. The van der Waals surface area contributed by atoms with Gasteiger partial charge in [-0.1, -0.05) is 0 Å². The number of benzene rings is 2. The molecular weight excluding hydrogens is 423 g/mol. The van der Waals surface area contributed by atoms with Crippen molar-refractivity contribution < 1.29 is 23.3 Å². The predicted octanol–water partition coefficient (Wildman–Crippen LogP) is 3.45. The number of ether oxygens (including phenoxy) is 4. The summed E-state index contributed by atoms with van der Waals surface area (Å²) < 4.78 is 36.2. The summed E-state index contributed by atoms with van der Waals surface area (Å²) in [7, 11) is 0. The van der Waals surface area contributed by atoms with E-state index in [1.165, 1.54) is 5.56 Å². The maximum Gasteiger partial charge on any atom is 0.149 e. The first-order chi connectivity index (χ1) is 16.2. The molecule has 2 fully saturated rings. The molecule has 2 aromatic carbocycles. The second-order valence-electron chi connectivity index (χ2n) is 8.97. The van der Waals surface area contributed by atoms with Crippen LogP contribution < -0.4 is 29.6 Å². The van der Waals surface area contributed by atoms with Crippen molar-refractivity contribution >= 4 is 0 Å². The van der Waals surface area contributed by atoms with Crippen LogP contribution in [0.15, 0.2) is 36.4 Å². The molecule has 4 aliphatic heterocycles. The average molecular weight is 457 g/mol. The summed E-state index contributed by atoms with van der Waals surface area (Å²) in [4.78, 5) is 0. The first-order valence-corrected chi connectivity index (χ1v) is 12.1. The number of hydrogen-bond donors (Lipinski definition) is 2. The van der Waals surface area contributed by atoms with Crippen LogP contribution >= 0.6 is 0 Å². The molecule has 0 aliphatic carbocycles. The molecule has 0 aromatic heterocycles. The van der Waals surface area contributed by atoms with Crippen molar-refractivity contribution in [3.05, 3.63) is 47.5 Å². The highest BCUT2D eigenvalue weighted by molar-refractivity contribution is 5.43. The van der Waals surface area contributed by atoms with E-state index in [0.29, 0.717) is 12.6 Å². The van der Waals surface area contributed by atoms with Gasteiger partial charge in [-0.25, -0.2) is 4.39 Å². The zero-order valence-corrected chi connectivity index (χ0v) is 19.0. The van der Waals surface area contributed by atoms with Crippen molar-refractivity contribution in [1.29, 1.82) is 0 Å². The Kier molecular flexibility index (Phi) is 7.17. The normalized spacial score (nSPS) is 23.9. The van der Waals surface area contributed by atoms with Gasteiger partial charge in [0.2, 0.25) is 0 Å². The maximum absolute atomic E-state index is 13.6. The van der Waals surface area contributed by atoms with Gasteiger partial charge in [-0.3, -0.25) is 0 Å². The molecule has 0 bridgehead atoms. The minimum absolute atomic E-state index is 0.323. The Balaban J connectivity index is 0.000000139. The van der Waals surface area contributed by atoms with Gasteiger partial charge in [0.15, 0.2) is 0 Å². The molecule has 6 nitrogen and oxygen atoms in total. The first-order valence-electron chi connectivity index (χ1n) is 12.1. The number of hydrogen-bond acceptors (Lipinski definition) is 6. The van der Waals surface area contributed by atoms with Crippen LogP contribution in [0, 0.1) is 0 Å². The van der Waals surface area contributed by atoms with E-state index < -0.39 is 6.17 Å². The monoisotopic (exact) mass is 456 g/mol. The Labute approximate surface area is 194 Å². The molecular formula is C26H33FN2O4. The van der Waals surface area contributed by atoms with Crippen LogP contribution in [-0.4, -0.2) is 57.8 Å². The molecule has 0 radical (unpaired) electrons. The van der Waals surface area contributed by atoms with Crippen LogP contribution in [0.2, 0.25) is 0 Å². The van der Waals surface area contributed by atoms with E-state index in [4.69, 9.17) is 18.9 Å². The van der Waals surface area contributed by atoms with Gasteiger partial charge in [0, 0.05) is 30.5 Å². The van der Waals surface area contributed by atoms with Gasteiger partial charge >= 0.3 is 0 Å². The molecule has 178 valence electrons. The van der Waals surface area contributed by atoms with Crippen molar-refractivity contribution in [3.63, 3.8) is 0 Å².